The van der Waals surface area contributed by atoms with Gasteiger partial charge in [0.2, 0.25) is 0 Å². The maximum absolute atomic E-state index is 12.5. The van der Waals surface area contributed by atoms with Crippen LogP contribution in [0.2, 0.25) is 0 Å². The second-order valence-electron chi connectivity index (χ2n) is 6.17. The van der Waals surface area contributed by atoms with Crippen LogP contribution in [0, 0.1) is 23.7 Å². The number of rotatable bonds is 2. The van der Waals surface area contributed by atoms with Crippen LogP contribution in [0.4, 0.5) is 0 Å². The van der Waals surface area contributed by atoms with Crippen molar-refractivity contribution in [1.29, 1.82) is 0 Å². The van der Waals surface area contributed by atoms with Gasteiger partial charge in [-0.2, -0.15) is 10.1 Å². The lowest BCUT2D eigenvalue weighted by Crippen LogP contribution is -2.38. The number of phenolic OH excluding ortho intramolecular Hbond substituents is 1. The maximum atomic E-state index is 12.5. The van der Waals surface area contributed by atoms with Crippen molar-refractivity contribution in [3.63, 3.8) is 0 Å². The Morgan fingerprint density at radius 2 is 1.73 bits per heavy atom. The summed E-state index contributed by atoms with van der Waals surface area (Å²) in [6.07, 6.45) is 7.57. The number of hydrogen-bond donors (Lipinski definition) is 1. The summed E-state index contributed by atoms with van der Waals surface area (Å²) in [7, 11) is 0. The molecule has 1 saturated heterocycles. The lowest BCUT2D eigenvalue weighted by molar-refractivity contribution is -0.140. The average molecular weight is 296 g/mol. The molecule has 0 unspecified atom stereocenters. The zero-order chi connectivity index (χ0) is 15.3. The highest BCUT2D eigenvalue weighted by Gasteiger charge is 2.56. The fourth-order valence-corrected chi connectivity index (χ4v) is 3.90. The molecule has 2 bridgehead atoms. The fourth-order valence-electron chi connectivity index (χ4n) is 3.90. The number of allylic oxidation sites excluding steroid dienone is 2. The molecule has 1 aliphatic heterocycles. The van der Waals surface area contributed by atoms with Gasteiger partial charge >= 0.3 is 0 Å². The Morgan fingerprint density at radius 3 is 2.27 bits per heavy atom. The molecule has 22 heavy (non-hydrogen) atoms. The molecule has 112 valence electrons. The Labute approximate surface area is 127 Å². The molecule has 0 aromatic heterocycles. The van der Waals surface area contributed by atoms with Gasteiger partial charge in [0.15, 0.2) is 0 Å². The van der Waals surface area contributed by atoms with E-state index in [0.717, 1.165) is 17.9 Å². The van der Waals surface area contributed by atoms with E-state index in [1.54, 1.807) is 18.2 Å². The van der Waals surface area contributed by atoms with Crippen LogP contribution >= 0.6 is 0 Å². The number of phenols is 1. The van der Waals surface area contributed by atoms with Gasteiger partial charge in [-0.3, -0.25) is 9.59 Å². The van der Waals surface area contributed by atoms with Gasteiger partial charge < -0.3 is 5.11 Å². The van der Waals surface area contributed by atoms with Crippen molar-refractivity contribution in [2.24, 2.45) is 28.8 Å². The van der Waals surface area contributed by atoms with Crippen LogP contribution in [0.15, 0.2) is 41.5 Å². The first-order valence-corrected chi connectivity index (χ1v) is 7.54. The monoisotopic (exact) mass is 296 g/mol. The number of hydrogen-bond acceptors (Lipinski definition) is 4. The van der Waals surface area contributed by atoms with E-state index in [1.165, 1.54) is 12.3 Å². The van der Waals surface area contributed by atoms with E-state index in [9.17, 15) is 14.7 Å². The predicted molar refractivity (Wildman–Crippen MR) is 79.9 cm³/mol. The Morgan fingerprint density at radius 1 is 1.09 bits per heavy atom. The van der Waals surface area contributed by atoms with Crippen molar-refractivity contribution in [1.82, 2.24) is 5.01 Å². The summed E-state index contributed by atoms with van der Waals surface area (Å²) in [6, 6.07) is 6.54. The van der Waals surface area contributed by atoms with Crippen LogP contribution < -0.4 is 0 Å². The smallest absolute Gasteiger partial charge is 0.254 e. The summed E-state index contributed by atoms with van der Waals surface area (Å²) in [5.74, 6) is -0.384. The van der Waals surface area contributed by atoms with E-state index in [-0.39, 0.29) is 41.2 Å². The molecule has 1 aromatic carbocycles. The summed E-state index contributed by atoms with van der Waals surface area (Å²) in [6.45, 7) is 0. The summed E-state index contributed by atoms with van der Waals surface area (Å²) >= 11 is 0. The number of hydrazone groups is 1. The molecule has 5 nitrogen and oxygen atoms in total. The molecule has 0 radical (unpaired) electrons. The zero-order valence-electron chi connectivity index (χ0n) is 11.9. The second-order valence-corrected chi connectivity index (χ2v) is 6.17. The summed E-state index contributed by atoms with van der Waals surface area (Å²) < 4.78 is 0. The van der Waals surface area contributed by atoms with E-state index in [2.05, 4.69) is 17.3 Å². The molecule has 5 heteroatoms. The number of amides is 2. The Balaban J connectivity index is 1.61. The third-order valence-electron chi connectivity index (χ3n) is 4.93. The number of aromatic hydroxyl groups is 1. The molecule has 2 amide bonds. The van der Waals surface area contributed by atoms with Crippen LogP contribution in [-0.2, 0) is 9.59 Å². The van der Waals surface area contributed by atoms with Gasteiger partial charge in [-0.05, 0) is 42.4 Å². The highest BCUT2D eigenvalue weighted by Crippen LogP contribution is 2.49. The molecule has 4 atom stereocenters. The third-order valence-corrected chi connectivity index (χ3v) is 4.93. The van der Waals surface area contributed by atoms with Gasteiger partial charge in [-0.15, -0.1) is 0 Å². The number of carbonyl (C=O) groups is 2. The first-order valence-electron chi connectivity index (χ1n) is 7.54. The Bertz CT molecular complexity index is 678. The molecule has 1 N–H and O–H groups in total. The van der Waals surface area contributed by atoms with Crippen LogP contribution in [0.25, 0.3) is 0 Å². The van der Waals surface area contributed by atoms with Crippen molar-refractivity contribution in [3.05, 3.63) is 42.0 Å². The van der Waals surface area contributed by atoms with Crippen molar-refractivity contribution < 1.29 is 14.7 Å². The first-order chi connectivity index (χ1) is 10.6. The van der Waals surface area contributed by atoms with Crippen molar-refractivity contribution >= 4 is 18.0 Å². The highest BCUT2D eigenvalue weighted by atomic mass is 16.3. The first kappa shape index (κ1) is 13.2. The average Bonchev–Trinajstić information content (AvgIpc) is 2.80. The minimum Gasteiger partial charge on any atom is -0.508 e. The highest BCUT2D eigenvalue weighted by molar-refractivity contribution is 6.06. The molecular weight excluding hydrogens is 280 g/mol. The van der Waals surface area contributed by atoms with E-state index in [0.29, 0.717) is 5.56 Å². The summed E-state index contributed by atoms with van der Waals surface area (Å²) in [5.41, 5.74) is 0.650. The van der Waals surface area contributed by atoms with E-state index < -0.39 is 0 Å². The van der Waals surface area contributed by atoms with Crippen molar-refractivity contribution in [3.8, 4) is 5.75 Å². The van der Waals surface area contributed by atoms with Crippen LogP contribution in [0.3, 0.4) is 0 Å². The van der Waals surface area contributed by atoms with Gasteiger partial charge in [-0.25, -0.2) is 0 Å². The normalized spacial score (nSPS) is 33.0. The molecule has 3 aliphatic carbocycles. The standard InChI is InChI=1S/C17H16N2O3/c20-13-3-1-2-10(8-13)9-18-19-16(21)14-11-4-5-12(7-6-11)15(14)17(19)22/h1-5,8-9,11-12,14-15,20H,6-7H2/b18-9-/t11-,12-,14-,15+/m0/s1. The molecule has 1 aromatic rings. The molecule has 0 spiro atoms. The van der Waals surface area contributed by atoms with Gasteiger partial charge in [0.25, 0.3) is 11.8 Å². The lowest BCUT2D eigenvalue weighted by Gasteiger charge is -2.37. The topological polar surface area (TPSA) is 70.0 Å². The van der Waals surface area contributed by atoms with E-state index >= 15 is 0 Å². The minimum atomic E-state index is -0.238. The molecule has 2 fully saturated rings. The minimum absolute atomic E-state index is 0.124. The predicted octanol–water partition coefficient (Wildman–Crippen LogP) is 1.92. The number of carbonyl (C=O) groups excluding carboxylic acids is 2. The third kappa shape index (κ3) is 1.89. The zero-order valence-corrected chi connectivity index (χ0v) is 11.9. The Hall–Kier alpha value is -2.43. The SMILES string of the molecule is O=C1[C@@H]2[C@H](C(=O)N1/N=C\c1cccc(O)c1)[C@H]1C=C[C@H]2CC1. The largest absolute Gasteiger partial charge is 0.508 e. The number of nitrogens with zero attached hydrogens (tertiary/aromatic N) is 2. The van der Waals surface area contributed by atoms with Crippen LogP contribution in [-0.4, -0.2) is 28.1 Å². The molecule has 1 saturated carbocycles. The van der Waals surface area contributed by atoms with Crippen molar-refractivity contribution in [2.75, 3.05) is 0 Å². The van der Waals surface area contributed by atoms with Crippen LogP contribution in [0.1, 0.15) is 18.4 Å². The van der Waals surface area contributed by atoms with Gasteiger partial charge in [0.1, 0.15) is 5.75 Å². The molecule has 1 heterocycles. The summed E-state index contributed by atoms with van der Waals surface area (Å²) in [5, 5.41) is 14.6. The Kier molecular flexibility index (Phi) is 2.89. The van der Waals surface area contributed by atoms with E-state index in [1.807, 2.05) is 0 Å². The van der Waals surface area contributed by atoms with Gasteiger partial charge in [0, 0.05) is 0 Å². The van der Waals surface area contributed by atoms with E-state index in [4.69, 9.17) is 0 Å². The number of imide groups is 1. The quantitative estimate of drug-likeness (QED) is 0.515. The molecule has 5 rings (SSSR count). The summed E-state index contributed by atoms with van der Waals surface area (Å²) in [4.78, 5) is 25.1. The van der Waals surface area contributed by atoms with Crippen LogP contribution in [0.5, 0.6) is 5.75 Å². The van der Waals surface area contributed by atoms with Gasteiger partial charge in [0.05, 0.1) is 18.1 Å². The fraction of sp³-hybridized carbons (Fsp3) is 0.353. The van der Waals surface area contributed by atoms with Gasteiger partial charge in [-0.1, -0.05) is 24.3 Å². The maximum Gasteiger partial charge on any atom is 0.254 e. The second kappa shape index (κ2) is 4.80. The number of benzene rings is 1. The van der Waals surface area contributed by atoms with Crippen molar-refractivity contribution in [2.45, 2.75) is 12.8 Å². The molecular formula is C17H16N2O3. The lowest BCUT2D eigenvalue weighted by atomic mass is 9.63. The molecule has 4 aliphatic rings. The number of fused-ring (bicyclic) bond motifs is 1.